The molecule has 1 amide bonds. The molecule has 0 saturated carbocycles. The van der Waals surface area contributed by atoms with Gasteiger partial charge in [0, 0.05) is 36.9 Å². The maximum Gasteiger partial charge on any atom is 0.434 e. The number of anilines is 1. The molecule has 0 unspecified atom stereocenters. The summed E-state index contributed by atoms with van der Waals surface area (Å²) < 4.78 is 40.6. The fraction of sp³-hybridized carbons (Fsp3) is 0.276. The number of Topliss-reactive ketones (excluding diaryl/α,β-unsaturated/α-hetero) is 1. The third-order valence-electron chi connectivity index (χ3n) is 6.75. The summed E-state index contributed by atoms with van der Waals surface area (Å²) in [5.41, 5.74) is 2.86. The van der Waals surface area contributed by atoms with Crippen LogP contribution in [0.1, 0.15) is 59.6 Å². The molecule has 0 fully saturated rings. The molecule has 39 heavy (non-hydrogen) atoms. The molecule has 4 aromatic rings. The Balaban J connectivity index is 1.50. The average molecular weight is 534 g/mol. The quantitative estimate of drug-likeness (QED) is 0.285. The van der Waals surface area contributed by atoms with Gasteiger partial charge in [0.05, 0.1) is 13.0 Å². The van der Waals surface area contributed by atoms with E-state index in [1.165, 1.54) is 23.4 Å². The highest BCUT2D eigenvalue weighted by atomic mass is 19.4. The number of alkyl halides is 3. The van der Waals surface area contributed by atoms with Crippen LogP contribution < -0.4 is 4.90 Å². The van der Waals surface area contributed by atoms with Crippen LogP contribution in [0.25, 0.3) is 22.8 Å². The molecule has 200 valence electrons. The van der Waals surface area contributed by atoms with Crippen LogP contribution in [0.5, 0.6) is 0 Å². The Hall–Kier alpha value is -4.34. The summed E-state index contributed by atoms with van der Waals surface area (Å²) >= 11 is 0. The second-order valence-electron chi connectivity index (χ2n) is 9.91. The van der Waals surface area contributed by atoms with Crippen LogP contribution in [-0.4, -0.2) is 31.2 Å². The summed E-state index contributed by atoms with van der Waals surface area (Å²) in [5, 5.41) is 0. The number of amides is 1. The first-order valence-electron chi connectivity index (χ1n) is 12.5. The zero-order valence-corrected chi connectivity index (χ0v) is 21.9. The van der Waals surface area contributed by atoms with Crippen molar-refractivity contribution in [3.63, 3.8) is 0 Å². The Kier molecular flexibility index (Phi) is 6.57. The minimum absolute atomic E-state index is 0.0158. The number of imidazole rings is 1. The Bertz CT molecular complexity index is 1590. The number of fused-ring (bicyclic) bond motifs is 1. The van der Waals surface area contributed by atoms with Crippen LogP contribution in [0, 0.1) is 0 Å². The number of carbonyl (C=O) groups excluding carboxylic acids is 2. The van der Waals surface area contributed by atoms with Gasteiger partial charge in [-0.05, 0) is 17.0 Å². The standard InChI is InChI=1S/C29H26F3N5O2/c1-16(2)20-7-5-6-8-21(20)26-34-25(17(3)38)22-13-24(39)37(28(22)35-26)14-18-9-11-19(12-10-18)27-33-23(15-36(27)4)29(30,31)32/h5-12,15-16H,13-14H2,1-4H3. The van der Waals surface area contributed by atoms with Crippen molar-refractivity contribution in [3.8, 4) is 22.8 Å². The van der Waals surface area contributed by atoms with Gasteiger partial charge in [-0.3, -0.25) is 14.5 Å². The zero-order valence-electron chi connectivity index (χ0n) is 21.9. The fourth-order valence-electron chi connectivity index (χ4n) is 4.81. The lowest BCUT2D eigenvalue weighted by Crippen LogP contribution is -2.26. The van der Waals surface area contributed by atoms with Crippen molar-refractivity contribution in [1.29, 1.82) is 0 Å². The van der Waals surface area contributed by atoms with Gasteiger partial charge in [-0.1, -0.05) is 62.4 Å². The number of aromatic nitrogens is 4. The van der Waals surface area contributed by atoms with Crippen molar-refractivity contribution >= 4 is 17.5 Å². The summed E-state index contributed by atoms with van der Waals surface area (Å²) in [7, 11) is 1.51. The van der Waals surface area contributed by atoms with Crippen LogP contribution in [0.4, 0.5) is 19.0 Å². The lowest BCUT2D eigenvalue weighted by Gasteiger charge is -2.19. The summed E-state index contributed by atoms with van der Waals surface area (Å²) in [6.07, 6.45) is -3.57. The summed E-state index contributed by atoms with van der Waals surface area (Å²) in [5.74, 6) is 0.707. The maximum absolute atomic E-state index is 13.1. The second kappa shape index (κ2) is 9.76. The van der Waals surface area contributed by atoms with Gasteiger partial charge in [0.15, 0.2) is 17.3 Å². The lowest BCUT2D eigenvalue weighted by atomic mass is 9.96. The van der Waals surface area contributed by atoms with Gasteiger partial charge in [-0.25, -0.2) is 15.0 Å². The number of carbonyl (C=O) groups is 2. The highest BCUT2D eigenvalue weighted by Crippen LogP contribution is 2.35. The topological polar surface area (TPSA) is 81.0 Å². The maximum atomic E-state index is 13.1. The number of hydrogen-bond acceptors (Lipinski definition) is 5. The molecule has 0 atom stereocenters. The number of hydrogen-bond donors (Lipinski definition) is 0. The fourth-order valence-corrected chi connectivity index (χ4v) is 4.81. The molecule has 0 N–H and O–H groups in total. The molecular formula is C29H26F3N5O2. The smallest absolute Gasteiger partial charge is 0.333 e. The number of aryl methyl sites for hydroxylation is 1. The first-order chi connectivity index (χ1) is 18.4. The molecule has 3 heterocycles. The van der Waals surface area contributed by atoms with E-state index in [-0.39, 0.29) is 42.1 Å². The molecule has 0 spiro atoms. The van der Waals surface area contributed by atoms with Crippen LogP contribution in [0.15, 0.2) is 54.7 Å². The van der Waals surface area contributed by atoms with Crippen molar-refractivity contribution in [3.05, 3.63) is 82.8 Å². The highest BCUT2D eigenvalue weighted by molar-refractivity contribution is 6.05. The Morgan fingerprint density at radius 3 is 2.33 bits per heavy atom. The van der Waals surface area contributed by atoms with Crippen molar-refractivity contribution in [1.82, 2.24) is 19.5 Å². The lowest BCUT2D eigenvalue weighted by molar-refractivity contribution is -0.140. The van der Waals surface area contributed by atoms with E-state index >= 15 is 0 Å². The van der Waals surface area contributed by atoms with Crippen LogP contribution >= 0.6 is 0 Å². The second-order valence-corrected chi connectivity index (χ2v) is 9.91. The monoisotopic (exact) mass is 533 g/mol. The number of nitrogens with zero attached hydrogens (tertiary/aromatic N) is 5. The first kappa shape index (κ1) is 26.3. The molecule has 0 radical (unpaired) electrons. The Morgan fingerprint density at radius 1 is 1.03 bits per heavy atom. The summed E-state index contributed by atoms with van der Waals surface area (Å²) in [4.78, 5) is 40.2. The van der Waals surface area contributed by atoms with Gasteiger partial charge >= 0.3 is 6.18 Å². The van der Waals surface area contributed by atoms with E-state index in [1.807, 2.05) is 24.3 Å². The SMILES string of the molecule is CC(=O)c1nc(-c2ccccc2C(C)C)nc2c1CC(=O)N2Cc1ccc(-c2nc(C(F)(F)F)cn2C)cc1. The van der Waals surface area contributed by atoms with E-state index in [0.717, 1.165) is 22.9 Å². The molecule has 0 bridgehead atoms. The van der Waals surface area contributed by atoms with E-state index in [1.54, 1.807) is 24.3 Å². The molecule has 2 aromatic carbocycles. The van der Waals surface area contributed by atoms with Crippen molar-refractivity contribution in [2.24, 2.45) is 7.05 Å². The van der Waals surface area contributed by atoms with E-state index in [0.29, 0.717) is 22.8 Å². The van der Waals surface area contributed by atoms with Gasteiger partial charge in [0.1, 0.15) is 17.3 Å². The van der Waals surface area contributed by atoms with Crippen molar-refractivity contribution in [2.75, 3.05) is 4.90 Å². The average Bonchev–Trinajstić information content (AvgIpc) is 3.43. The third kappa shape index (κ3) is 4.94. The number of ketones is 1. The highest BCUT2D eigenvalue weighted by Gasteiger charge is 2.35. The number of halogens is 3. The normalized spacial score (nSPS) is 13.3. The Morgan fingerprint density at radius 2 is 1.72 bits per heavy atom. The number of rotatable bonds is 6. The predicted octanol–water partition coefficient (Wildman–Crippen LogP) is 5.98. The number of benzene rings is 2. The van der Waals surface area contributed by atoms with E-state index < -0.39 is 11.9 Å². The predicted molar refractivity (Wildman–Crippen MR) is 140 cm³/mol. The summed E-state index contributed by atoms with van der Waals surface area (Å²) in [6, 6.07) is 14.5. The van der Waals surface area contributed by atoms with Gasteiger partial charge in [0.2, 0.25) is 5.91 Å². The molecule has 2 aromatic heterocycles. The molecule has 7 nitrogen and oxygen atoms in total. The van der Waals surface area contributed by atoms with Crippen molar-refractivity contribution < 1.29 is 22.8 Å². The minimum Gasteiger partial charge on any atom is -0.333 e. The first-order valence-corrected chi connectivity index (χ1v) is 12.5. The van der Waals surface area contributed by atoms with E-state index in [4.69, 9.17) is 4.98 Å². The largest absolute Gasteiger partial charge is 0.434 e. The molecule has 1 aliphatic rings. The van der Waals surface area contributed by atoms with Crippen LogP contribution in [0.3, 0.4) is 0 Å². The minimum atomic E-state index is -4.53. The Labute approximate surface area is 223 Å². The molecule has 10 heteroatoms. The van der Waals surface area contributed by atoms with Gasteiger partial charge < -0.3 is 4.57 Å². The molecular weight excluding hydrogens is 507 g/mol. The van der Waals surface area contributed by atoms with Gasteiger partial charge in [-0.15, -0.1) is 0 Å². The van der Waals surface area contributed by atoms with Crippen LogP contribution in [-0.2, 0) is 31.0 Å². The molecule has 1 aliphatic heterocycles. The molecule has 0 aliphatic carbocycles. The van der Waals surface area contributed by atoms with E-state index in [2.05, 4.69) is 23.8 Å². The van der Waals surface area contributed by atoms with Gasteiger partial charge in [0.25, 0.3) is 0 Å². The zero-order chi connectivity index (χ0) is 28.1. The van der Waals surface area contributed by atoms with E-state index in [9.17, 15) is 22.8 Å². The summed E-state index contributed by atoms with van der Waals surface area (Å²) in [6.45, 7) is 5.73. The third-order valence-corrected chi connectivity index (χ3v) is 6.75. The molecule has 0 saturated heterocycles. The molecule has 5 rings (SSSR count). The van der Waals surface area contributed by atoms with Crippen LogP contribution in [0.2, 0.25) is 0 Å². The van der Waals surface area contributed by atoms with Gasteiger partial charge in [-0.2, -0.15) is 13.2 Å². The van der Waals surface area contributed by atoms with Crippen molar-refractivity contribution in [2.45, 2.75) is 45.8 Å².